The van der Waals surface area contributed by atoms with E-state index >= 15 is 0 Å². The highest BCUT2D eigenvalue weighted by molar-refractivity contribution is 7.11. The zero-order valence-electron chi connectivity index (χ0n) is 8.30. The Morgan fingerprint density at radius 3 is 2.81 bits per heavy atom. The Kier molecular flexibility index (Phi) is 3.16. The van der Waals surface area contributed by atoms with Crippen LogP contribution in [0.2, 0.25) is 0 Å². The van der Waals surface area contributed by atoms with Gasteiger partial charge < -0.3 is 9.72 Å². The maximum absolute atomic E-state index is 11.5. The molecule has 2 aromatic rings. The van der Waals surface area contributed by atoms with Crippen LogP contribution in [0.1, 0.15) is 20.2 Å². The van der Waals surface area contributed by atoms with Crippen LogP contribution in [0.3, 0.4) is 0 Å². The fraction of sp³-hybridized carbons (Fsp3) is 0.0909. The summed E-state index contributed by atoms with van der Waals surface area (Å²) in [4.78, 5) is 26.1. The van der Waals surface area contributed by atoms with Gasteiger partial charge in [0.2, 0.25) is 5.78 Å². The third-order valence-electron chi connectivity index (χ3n) is 1.96. The minimum absolute atomic E-state index is 0.239. The molecule has 1 N–H and O–H groups in total. The molecule has 0 aliphatic carbocycles. The second-order valence-corrected chi connectivity index (χ2v) is 4.01. The number of carbonyl (C=O) groups is 2. The topological polar surface area (TPSA) is 59.2 Å². The van der Waals surface area contributed by atoms with Crippen molar-refractivity contribution >= 4 is 23.1 Å². The fourth-order valence-corrected chi connectivity index (χ4v) is 1.79. The molecule has 0 radical (unpaired) electrons. The number of rotatable bonds is 4. The number of nitrogens with one attached hydrogen (secondary N) is 1. The minimum atomic E-state index is -0.463. The molecule has 0 saturated carbocycles. The largest absolute Gasteiger partial charge is 0.453 e. The lowest BCUT2D eigenvalue weighted by atomic mass is 10.3. The van der Waals surface area contributed by atoms with E-state index in [9.17, 15) is 9.59 Å². The molecule has 4 nitrogen and oxygen atoms in total. The molecule has 2 heterocycles. The van der Waals surface area contributed by atoms with Crippen molar-refractivity contribution in [2.45, 2.75) is 0 Å². The van der Waals surface area contributed by atoms with E-state index in [0.717, 1.165) is 0 Å². The number of hydrogen-bond acceptors (Lipinski definition) is 4. The smallest absolute Gasteiger partial charge is 0.348 e. The highest BCUT2D eigenvalue weighted by Crippen LogP contribution is 2.10. The van der Waals surface area contributed by atoms with Gasteiger partial charge in [0.05, 0.1) is 5.69 Å². The molecule has 82 valence electrons. The number of carbonyl (C=O) groups excluding carboxylic acids is 2. The van der Waals surface area contributed by atoms with Gasteiger partial charge in [-0.15, -0.1) is 11.3 Å². The zero-order chi connectivity index (χ0) is 11.4. The first-order valence-electron chi connectivity index (χ1n) is 4.64. The standard InChI is InChI=1S/C11H9NO3S/c13-9(8-3-1-5-12-8)7-15-11(14)10-4-2-6-16-10/h1-6,12H,7H2. The second-order valence-electron chi connectivity index (χ2n) is 3.06. The van der Waals surface area contributed by atoms with Crippen LogP contribution in [-0.4, -0.2) is 23.3 Å². The quantitative estimate of drug-likeness (QED) is 0.652. The van der Waals surface area contributed by atoms with Crippen molar-refractivity contribution in [2.75, 3.05) is 6.61 Å². The van der Waals surface area contributed by atoms with Crippen molar-refractivity contribution in [3.8, 4) is 0 Å². The lowest BCUT2D eigenvalue weighted by Crippen LogP contribution is -2.13. The van der Waals surface area contributed by atoms with Crippen LogP contribution in [0.15, 0.2) is 35.8 Å². The first kappa shape index (κ1) is 10.6. The number of aromatic amines is 1. The number of esters is 1. The van der Waals surface area contributed by atoms with Crippen molar-refractivity contribution in [2.24, 2.45) is 0 Å². The molecule has 2 aromatic heterocycles. The summed E-state index contributed by atoms with van der Waals surface area (Å²) in [6, 6.07) is 6.77. The Hall–Kier alpha value is -1.88. The summed E-state index contributed by atoms with van der Waals surface area (Å²) < 4.78 is 4.87. The van der Waals surface area contributed by atoms with Gasteiger partial charge in [0.15, 0.2) is 6.61 Å². The number of ketones is 1. The van der Waals surface area contributed by atoms with Gasteiger partial charge >= 0.3 is 5.97 Å². The summed E-state index contributed by atoms with van der Waals surface area (Å²) in [5.74, 6) is -0.704. The maximum Gasteiger partial charge on any atom is 0.348 e. The third-order valence-corrected chi connectivity index (χ3v) is 2.80. The van der Waals surface area contributed by atoms with Crippen LogP contribution in [0.4, 0.5) is 0 Å². The van der Waals surface area contributed by atoms with Gasteiger partial charge in [-0.1, -0.05) is 6.07 Å². The molecule has 0 saturated heterocycles. The Morgan fingerprint density at radius 2 is 2.19 bits per heavy atom. The molecular formula is C11H9NO3S. The van der Waals surface area contributed by atoms with Crippen molar-refractivity contribution in [1.82, 2.24) is 4.98 Å². The van der Waals surface area contributed by atoms with Gasteiger partial charge in [-0.25, -0.2) is 4.79 Å². The lowest BCUT2D eigenvalue weighted by Gasteiger charge is -2.00. The first-order chi connectivity index (χ1) is 7.77. The van der Waals surface area contributed by atoms with E-state index in [4.69, 9.17) is 4.74 Å². The summed E-state index contributed by atoms with van der Waals surface area (Å²) in [5.41, 5.74) is 0.443. The van der Waals surface area contributed by atoms with Gasteiger partial charge in [0.1, 0.15) is 4.88 Å². The monoisotopic (exact) mass is 235 g/mol. The van der Waals surface area contributed by atoms with Crippen molar-refractivity contribution in [3.63, 3.8) is 0 Å². The molecule has 0 aromatic carbocycles. The average molecular weight is 235 g/mol. The summed E-state index contributed by atoms with van der Waals surface area (Å²) >= 11 is 1.29. The second kappa shape index (κ2) is 4.76. The van der Waals surface area contributed by atoms with Crippen LogP contribution < -0.4 is 0 Å². The van der Waals surface area contributed by atoms with Crippen LogP contribution in [0.5, 0.6) is 0 Å². The Morgan fingerprint density at radius 1 is 1.31 bits per heavy atom. The average Bonchev–Trinajstić information content (AvgIpc) is 2.95. The summed E-state index contributed by atoms with van der Waals surface area (Å²) in [7, 11) is 0. The molecular weight excluding hydrogens is 226 g/mol. The Bertz CT molecular complexity index is 427. The molecule has 0 bridgehead atoms. The van der Waals surface area contributed by atoms with Gasteiger partial charge in [-0.05, 0) is 23.6 Å². The van der Waals surface area contributed by atoms with E-state index in [1.165, 1.54) is 11.3 Å². The highest BCUT2D eigenvalue weighted by atomic mass is 32.1. The molecule has 0 atom stereocenters. The normalized spacial score (nSPS) is 10.0. The molecule has 0 fully saturated rings. The van der Waals surface area contributed by atoms with E-state index in [-0.39, 0.29) is 12.4 Å². The molecule has 5 heteroatoms. The van der Waals surface area contributed by atoms with E-state index in [1.54, 1.807) is 35.8 Å². The zero-order valence-corrected chi connectivity index (χ0v) is 9.12. The predicted molar refractivity (Wildman–Crippen MR) is 59.7 cm³/mol. The molecule has 0 amide bonds. The van der Waals surface area contributed by atoms with E-state index in [1.807, 2.05) is 0 Å². The van der Waals surface area contributed by atoms with Crippen molar-refractivity contribution in [3.05, 3.63) is 46.4 Å². The molecule has 0 unspecified atom stereocenters. The van der Waals surface area contributed by atoms with Gasteiger partial charge in [0.25, 0.3) is 0 Å². The van der Waals surface area contributed by atoms with Crippen LogP contribution in [-0.2, 0) is 4.74 Å². The van der Waals surface area contributed by atoms with Crippen LogP contribution in [0, 0.1) is 0 Å². The Balaban J connectivity index is 1.89. The summed E-state index contributed by atoms with van der Waals surface area (Å²) in [6.07, 6.45) is 1.65. The fourth-order valence-electron chi connectivity index (χ4n) is 1.18. The van der Waals surface area contributed by atoms with Crippen molar-refractivity contribution in [1.29, 1.82) is 0 Å². The number of hydrogen-bond donors (Lipinski definition) is 1. The molecule has 0 spiro atoms. The Labute approximate surface area is 95.9 Å². The SMILES string of the molecule is O=C(COC(=O)c1cccs1)c1ccc[nH]1. The third kappa shape index (κ3) is 2.38. The molecule has 0 aliphatic heterocycles. The van der Waals surface area contributed by atoms with E-state index < -0.39 is 5.97 Å². The number of Topliss-reactive ketones (excluding diaryl/α,β-unsaturated/α-hetero) is 1. The molecule has 2 rings (SSSR count). The summed E-state index contributed by atoms with van der Waals surface area (Å²) in [6.45, 7) is -0.239. The van der Waals surface area contributed by atoms with E-state index in [0.29, 0.717) is 10.6 Å². The van der Waals surface area contributed by atoms with Gasteiger partial charge in [-0.2, -0.15) is 0 Å². The summed E-state index contributed by atoms with van der Waals surface area (Å²) in [5, 5.41) is 1.78. The molecule has 16 heavy (non-hydrogen) atoms. The maximum atomic E-state index is 11.5. The highest BCUT2D eigenvalue weighted by Gasteiger charge is 2.12. The van der Waals surface area contributed by atoms with E-state index in [2.05, 4.69) is 4.98 Å². The predicted octanol–water partition coefficient (Wildman–Crippen LogP) is 2.12. The number of aromatic nitrogens is 1. The number of thiophene rings is 1. The lowest BCUT2D eigenvalue weighted by molar-refractivity contribution is 0.0478. The molecule has 0 aliphatic rings. The van der Waals surface area contributed by atoms with Gasteiger partial charge in [0, 0.05) is 6.20 Å². The van der Waals surface area contributed by atoms with Crippen LogP contribution >= 0.6 is 11.3 Å². The minimum Gasteiger partial charge on any atom is -0.453 e. The van der Waals surface area contributed by atoms with Crippen LogP contribution in [0.25, 0.3) is 0 Å². The number of ether oxygens (including phenoxy) is 1. The first-order valence-corrected chi connectivity index (χ1v) is 5.52. The van der Waals surface area contributed by atoms with Gasteiger partial charge in [-0.3, -0.25) is 4.79 Å². The van der Waals surface area contributed by atoms with Crippen molar-refractivity contribution < 1.29 is 14.3 Å². The number of H-pyrrole nitrogens is 1.